The fourth-order valence-electron chi connectivity index (χ4n) is 1.50. The summed E-state index contributed by atoms with van der Waals surface area (Å²) < 4.78 is 0. The summed E-state index contributed by atoms with van der Waals surface area (Å²) in [5.74, 6) is -0.866. The molecular weight excluding hydrogens is 268 g/mol. The summed E-state index contributed by atoms with van der Waals surface area (Å²) in [6.45, 7) is 4.76. The molecule has 0 radical (unpaired) electrons. The second kappa shape index (κ2) is 5.60. The second-order valence-corrected chi connectivity index (χ2v) is 6.42. The van der Waals surface area contributed by atoms with Gasteiger partial charge in [-0.1, -0.05) is 0 Å². The predicted octanol–water partition coefficient (Wildman–Crippen LogP) is 3.06. The Morgan fingerprint density at radius 2 is 2.28 bits per heavy atom. The lowest BCUT2D eigenvalue weighted by Crippen LogP contribution is -2.17. The van der Waals surface area contributed by atoms with Crippen molar-refractivity contribution in [3.8, 4) is 0 Å². The standard InChI is InChI=1S/C12H14N2O2S2/c1-7-5-14-11(17-7)8(2)13-6-9-3-4-10(18-9)12(15)16/h3-5,8,13H,6H2,1-2H3,(H,15,16). The Hall–Kier alpha value is -1.24. The van der Waals surface area contributed by atoms with Crippen LogP contribution in [0.2, 0.25) is 0 Å². The van der Waals surface area contributed by atoms with E-state index in [1.54, 1.807) is 17.4 Å². The summed E-state index contributed by atoms with van der Waals surface area (Å²) in [6.07, 6.45) is 1.87. The molecule has 0 bridgehead atoms. The first kappa shape index (κ1) is 13.2. The third-order valence-corrected chi connectivity index (χ3v) is 4.63. The van der Waals surface area contributed by atoms with Crippen LogP contribution in [0.25, 0.3) is 0 Å². The van der Waals surface area contributed by atoms with E-state index >= 15 is 0 Å². The van der Waals surface area contributed by atoms with Crippen molar-refractivity contribution in [2.24, 2.45) is 0 Å². The molecular formula is C12H14N2O2S2. The summed E-state index contributed by atoms with van der Waals surface area (Å²) in [6, 6.07) is 3.67. The van der Waals surface area contributed by atoms with Gasteiger partial charge < -0.3 is 10.4 Å². The van der Waals surface area contributed by atoms with Crippen LogP contribution in [-0.4, -0.2) is 16.1 Å². The van der Waals surface area contributed by atoms with E-state index in [0.29, 0.717) is 11.4 Å². The number of carboxylic acids is 1. The highest BCUT2D eigenvalue weighted by molar-refractivity contribution is 7.13. The molecule has 0 aromatic carbocycles. The summed E-state index contributed by atoms with van der Waals surface area (Å²) in [5.41, 5.74) is 0. The highest BCUT2D eigenvalue weighted by Gasteiger charge is 2.11. The zero-order valence-electron chi connectivity index (χ0n) is 10.1. The Balaban J connectivity index is 1.92. The monoisotopic (exact) mass is 282 g/mol. The molecule has 2 aromatic rings. The van der Waals surface area contributed by atoms with Crippen molar-refractivity contribution in [3.05, 3.63) is 38.0 Å². The molecule has 18 heavy (non-hydrogen) atoms. The average molecular weight is 282 g/mol. The minimum absolute atomic E-state index is 0.180. The lowest BCUT2D eigenvalue weighted by Gasteiger charge is -2.09. The molecule has 2 rings (SSSR count). The number of aromatic carboxylic acids is 1. The van der Waals surface area contributed by atoms with E-state index in [2.05, 4.69) is 17.2 Å². The highest BCUT2D eigenvalue weighted by Crippen LogP contribution is 2.21. The van der Waals surface area contributed by atoms with Crippen LogP contribution in [0.5, 0.6) is 0 Å². The molecule has 0 fully saturated rings. The van der Waals surface area contributed by atoms with E-state index in [0.717, 1.165) is 9.88 Å². The van der Waals surface area contributed by atoms with Gasteiger partial charge in [0.25, 0.3) is 0 Å². The molecule has 0 aliphatic rings. The van der Waals surface area contributed by atoms with E-state index in [1.807, 2.05) is 19.2 Å². The van der Waals surface area contributed by atoms with Gasteiger partial charge in [0.15, 0.2) is 0 Å². The fraction of sp³-hybridized carbons (Fsp3) is 0.333. The number of thiazole rings is 1. The van der Waals surface area contributed by atoms with E-state index in [9.17, 15) is 4.79 Å². The topological polar surface area (TPSA) is 62.2 Å². The Kier molecular flexibility index (Phi) is 4.11. The molecule has 2 N–H and O–H groups in total. The third kappa shape index (κ3) is 3.16. The van der Waals surface area contributed by atoms with Crippen LogP contribution in [-0.2, 0) is 6.54 Å². The zero-order chi connectivity index (χ0) is 13.1. The molecule has 0 saturated carbocycles. The maximum Gasteiger partial charge on any atom is 0.345 e. The number of aryl methyl sites for hydroxylation is 1. The molecule has 0 aliphatic carbocycles. The van der Waals surface area contributed by atoms with Gasteiger partial charge >= 0.3 is 5.97 Å². The minimum atomic E-state index is -0.866. The summed E-state index contributed by atoms with van der Waals surface area (Å²) in [5, 5.41) is 13.2. The van der Waals surface area contributed by atoms with Crippen molar-refractivity contribution in [3.63, 3.8) is 0 Å². The number of hydrogen-bond acceptors (Lipinski definition) is 5. The van der Waals surface area contributed by atoms with Gasteiger partial charge in [-0.2, -0.15) is 0 Å². The van der Waals surface area contributed by atoms with E-state index in [4.69, 9.17) is 5.11 Å². The number of rotatable bonds is 5. The number of carbonyl (C=O) groups is 1. The molecule has 6 heteroatoms. The molecule has 0 saturated heterocycles. The lowest BCUT2D eigenvalue weighted by molar-refractivity contribution is 0.0702. The van der Waals surface area contributed by atoms with Gasteiger partial charge in [0, 0.05) is 22.5 Å². The Morgan fingerprint density at radius 1 is 1.50 bits per heavy atom. The first-order valence-electron chi connectivity index (χ1n) is 5.54. The van der Waals surface area contributed by atoms with Crippen molar-refractivity contribution in [2.45, 2.75) is 26.4 Å². The van der Waals surface area contributed by atoms with Gasteiger partial charge in [0.1, 0.15) is 9.88 Å². The lowest BCUT2D eigenvalue weighted by atomic mass is 10.3. The number of nitrogens with zero attached hydrogens (tertiary/aromatic N) is 1. The van der Waals surface area contributed by atoms with Crippen LogP contribution in [0.3, 0.4) is 0 Å². The second-order valence-electron chi connectivity index (χ2n) is 3.98. The zero-order valence-corrected chi connectivity index (χ0v) is 11.8. The molecule has 2 aromatic heterocycles. The molecule has 0 spiro atoms. The quantitative estimate of drug-likeness (QED) is 0.884. The minimum Gasteiger partial charge on any atom is -0.477 e. The van der Waals surface area contributed by atoms with Crippen molar-refractivity contribution < 1.29 is 9.90 Å². The van der Waals surface area contributed by atoms with E-state index in [-0.39, 0.29) is 6.04 Å². The van der Waals surface area contributed by atoms with Gasteiger partial charge in [0.2, 0.25) is 0 Å². The van der Waals surface area contributed by atoms with Gasteiger partial charge in [-0.05, 0) is 26.0 Å². The van der Waals surface area contributed by atoms with Crippen molar-refractivity contribution in [1.82, 2.24) is 10.3 Å². The Morgan fingerprint density at radius 3 is 2.83 bits per heavy atom. The van der Waals surface area contributed by atoms with Crippen LogP contribution >= 0.6 is 22.7 Å². The first-order chi connectivity index (χ1) is 8.56. The maximum atomic E-state index is 10.8. The van der Waals surface area contributed by atoms with Gasteiger partial charge in [-0.3, -0.25) is 0 Å². The molecule has 2 heterocycles. The molecule has 1 atom stereocenters. The molecule has 0 aliphatic heterocycles. The number of carboxylic acid groups (broad SMARTS) is 1. The van der Waals surface area contributed by atoms with Gasteiger partial charge in [0.05, 0.1) is 6.04 Å². The van der Waals surface area contributed by atoms with Gasteiger partial charge in [-0.25, -0.2) is 9.78 Å². The number of thiophene rings is 1. The largest absolute Gasteiger partial charge is 0.477 e. The van der Waals surface area contributed by atoms with E-state index in [1.165, 1.54) is 16.2 Å². The Bertz CT molecular complexity index is 548. The molecule has 0 amide bonds. The maximum absolute atomic E-state index is 10.8. The molecule has 4 nitrogen and oxygen atoms in total. The normalized spacial score (nSPS) is 12.6. The number of hydrogen-bond donors (Lipinski definition) is 2. The third-order valence-electron chi connectivity index (χ3n) is 2.46. The predicted molar refractivity (Wildman–Crippen MR) is 73.4 cm³/mol. The summed E-state index contributed by atoms with van der Waals surface area (Å²) in [4.78, 5) is 17.7. The summed E-state index contributed by atoms with van der Waals surface area (Å²) in [7, 11) is 0. The van der Waals surface area contributed by atoms with Crippen LogP contribution in [0.1, 0.15) is 37.4 Å². The molecule has 96 valence electrons. The van der Waals surface area contributed by atoms with Crippen molar-refractivity contribution >= 4 is 28.6 Å². The SMILES string of the molecule is Cc1cnc(C(C)NCc2ccc(C(=O)O)s2)s1. The smallest absolute Gasteiger partial charge is 0.345 e. The van der Waals surface area contributed by atoms with Crippen LogP contribution in [0.4, 0.5) is 0 Å². The number of nitrogens with one attached hydrogen (secondary N) is 1. The van der Waals surface area contributed by atoms with Crippen LogP contribution in [0.15, 0.2) is 18.3 Å². The first-order valence-corrected chi connectivity index (χ1v) is 7.17. The van der Waals surface area contributed by atoms with E-state index < -0.39 is 5.97 Å². The fourth-order valence-corrected chi connectivity index (χ4v) is 3.10. The molecule has 1 unspecified atom stereocenters. The average Bonchev–Trinajstić information content (AvgIpc) is 2.94. The van der Waals surface area contributed by atoms with Crippen molar-refractivity contribution in [2.75, 3.05) is 0 Å². The highest BCUT2D eigenvalue weighted by atomic mass is 32.1. The van der Waals surface area contributed by atoms with Crippen molar-refractivity contribution in [1.29, 1.82) is 0 Å². The van der Waals surface area contributed by atoms with Gasteiger partial charge in [-0.15, -0.1) is 22.7 Å². The number of aromatic nitrogens is 1. The Labute approximate surface area is 113 Å². The van der Waals surface area contributed by atoms with Crippen LogP contribution < -0.4 is 5.32 Å². The van der Waals surface area contributed by atoms with Crippen LogP contribution in [0, 0.1) is 6.92 Å². The summed E-state index contributed by atoms with van der Waals surface area (Å²) >= 11 is 2.98.